The summed E-state index contributed by atoms with van der Waals surface area (Å²) >= 11 is 1.69. The van der Waals surface area contributed by atoms with Crippen LogP contribution in [0, 0.1) is 0 Å². The van der Waals surface area contributed by atoms with Gasteiger partial charge in [-0.25, -0.2) is 0 Å². The molecule has 1 aromatic rings. The second kappa shape index (κ2) is 6.19. The van der Waals surface area contributed by atoms with E-state index in [1.165, 1.54) is 4.90 Å². The van der Waals surface area contributed by atoms with Gasteiger partial charge in [0.25, 0.3) is 0 Å². The van der Waals surface area contributed by atoms with Crippen molar-refractivity contribution in [2.45, 2.75) is 4.90 Å². The predicted molar refractivity (Wildman–Crippen MR) is 69.8 cm³/mol. The van der Waals surface area contributed by atoms with E-state index in [-0.39, 0.29) is 5.78 Å². The van der Waals surface area contributed by atoms with Gasteiger partial charge < -0.3 is 4.74 Å². The van der Waals surface area contributed by atoms with E-state index in [0.717, 1.165) is 31.9 Å². The third-order valence-electron chi connectivity index (χ3n) is 2.88. The van der Waals surface area contributed by atoms with E-state index in [1.807, 2.05) is 30.5 Å². The van der Waals surface area contributed by atoms with Gasteiger partial charge in [0, 0.05) is 23.5 Å². The van der Waals surface area contributed by atoms with E-state index in [1.54, 1.807) is 11.8 Å². The first-order chi connectivity index (χ1) is 8.29. The highest BCUT2D eigenvalue weighted by atomic mass is 32.2. The van der Waals surface area contributed by atoms with Crippen molar-refractivity contribution in [2.75, 3.05) is 39.1 Å². The fourth-order valence-electron chi connectivity index (χ4n) is 1.83. The third-order valence-corrected chi connectivity index (χ3v) is 3.63. The predicted octanol–water partition coefficient (Wildman–Crippen LogP) is 1.92. The summed E-state index contributed by atoms with van der Waals surface area (Å²) in [6, 6.07) is 7.82. The van der Waals surface area contributed by atoms with Gasteiger partial charge in [-0.2, -0.15) is 0 Å². The van der Waals surface area contributed by atoms with Crippen LogP contribution >= 0.6 is 11.8 Å². The summed E-state index contributed by atoms with van der Waals surface area (Å²) < 4.78 is 5.26. The Bertz CT molecular complexity index is 372. The molecule has 0 saturated carbocycles. The molecule has 3 nitrogen and oxygen atoms in total. The molecule has 0 spiro atoms. The van der Waals surface area contributed by atoms with Gasteiger partial charge >= 0.3 is 0 Å². The smallest absolute Gasteiger partial charge is 0.176 e. The lowest BCUT2D eigenvalue weighted by atomic mass is 10.1. The van der Waals surface area contributed by atoms with Crippen LogP contribution in [-0.2, 0) is 4.74 Å². The molecule has 4 heteroatoms. The molecule has 0 amide bonds. The van der Waals surface area contributed by atoms with E-state index in [9.17, 15) is 4.79 Å². The van der Waals surface area contributed by atoms with Crippen molar-refractivity contribution in [2.24, 2.45) is 0 Å². The number of carbonyl (C=O) groups is 1. The maximum atomic E-state index is 12.0. The first-order valence-electron chi connectivity index (χ1n) is 5.77. The Labute approximate surface area is 106 Å². The van der Waals surface area contributed by atoms with Crippen LogP contribution in [0.3, 0.4) is 0 Å². The van der Waals surface area contributed by atoms with Crippen molar-refractivity contribution in [1.82, 2.24) is 4.90 Å². The summed E-state index contributed by atoms with van der Waals surface area (Å²) in [7, 11) is 0. The molecule has 1 aromatic carbocycles. The number of nitrogens with zero attached hydrogens (tertiary/aromatic N) is 1. The second-order valence-electron chi connectivity index (χ2n) is 4.04. The molecule has 1 heterocycles. The summed E-state index contributed by atoms with van der Waals surface area (Å²) in [4.78, 5) is 15.4. The van der Waals surface area contributed by atoms with Crippen molar-refractivity contribution < 1.29 is 9.53 Å². The number of morpholine rings is 1. The average Bonchev–Trinajstić information content (AvgIpc) is 2.40. The van der Waals surface area contributed by atoms with E-state index < -0.39 is 0 Å². The Morgan fingerprint density at radius 2 is 1.94 bits per heavy atom. The van der Waals surface area contributed by atoms with Crippen LogP contribution in [0.15, 0.2) is 29.2 Å². The van der Waals surface area contributed by atoms with E-state index in [2.05, 4.69) is 4.90 Å². The largest absolute Gasteiger partial charge is 0.379 e. The zero-order valence-electron chi connectivity index (χ0n) is 10.0. The Kier molecular flexibility index (Phi) is 4.59. The minimum atomic E-state index is 0.194. The molecule has 1 saturated heterocycles. The fourth-order valence-corrected chi connectivity index (χ4v) is 2.24. The number of ketones is 1. The zero-order valence-corrected chi connectivity index (χ0v) is 10.8. The minimum absolute atomic E-state index is 0.194. The van der Waals surface area contributed by atoms with Gasteiger partial charge in [-0.1, -0.05) is 12.1 Å². The van der Waals surface area contributed by atoms with Gasteiger partial charge in [-0.05, 0) is 18.4 Å². The molecule has 1 aliphatic rings. The average molecular weight is 251 g/mol. The number of hydrogen-bond acceptors (Lipinski definition) is 4. The number of ether oxygens (including phenoxy) is 1. The highest BCUT2D eigenvalue weighted by Gasteiger charge is 2.15. The summed E-state index contributed by atoms with van der Waals surface area (Å²) in [5.41, 5.74) is 0.800. The molecule has 0 atom stereocenters. The Morgan fingerprint density at radius 3 is 2.53 bits per heavy atom. The second-order valence-corrected chi connectivity index (χ2v) is 4.92. The Hall–Kier alpha value is -0.840. The monoisotopic (exact) mass is 251 g/mol. The summed E-state index contributed by atoms with van der Waals surface area (Å²) in [5, 5.41) is 0. The number of Topliss-reactive ketones (excluding diaryl/α,β-unsaturated/α-hetero) is 1. The summed E-state index contributed by atoms with van der Waals surface area (Å²) in [6.07, 6.45) is 2.03. The van der Waals surface area contributed by atoms with Crippen molar-refractivity contribution in [3.8, 4) is 0 Å². The fraction of sp³-hybridized carbons (Fsp3) is 0.462. The van der Waals surface area contributed by atoms with Crippen LogP contribution in [0.2, 0.25) is 0 Å². The van der Waals surface area contributed by atoms with Crippen LogP contribution in [0.4, 0.5) is 0 Å². The number of benzene rings is 1. The lowest BCUT2D eigenvalue weighted by molar-refractivity contribution is 0.0371. The first-order valence-corrected chi connectivity index (χ1v) is 6.99. The van der Waals surface area contributed by atoms with Gasteiger partial charge in [-0.15, -0.1) is 11.8 Å². The molecule has 1 aliphatic heterocycles. The lowest BCUT2D eigenvalue weighted by Crippen LogP contribution is -2.39. The van der Waals surface area contributed by atoms with E-state index in [0.29, 0.717) is 6.54 Å². The Morgan fingerprint density at radius 1 is 1.29 bits per heavy atom. The van der Waals surface area contributed by atoms with Crippen molar-refractivity contribution in [3.05, 3.63) is 29.8 Å². The molecule has 0 N–H and O–H groups in total. The standard InChI is InChI=1S/C13H17NO2S/c1-17-12-4-2-11(3-5-12)13(15)10-14-6-8-16-9-7-14/h2-5H,6-10H2,1H3. The summed E-state index contributed by atoms with van der Waals surface area (Å²) in [5.74, 6) is 0.194. The highest BCUT2D eigenvalue weighted by molar-refractivity contribution is 7.98. The van der Waals surface area contributed by atoms with E-state index >= 15 is 0 Å². The van der Waals surface area contributed by atoms with Crippen LogP contribution < -0.4 is 0 Å². The van der Waals surface area contributed by atoms with Crippen molar-refractivity contribution >= 4 is 17.5 Å². The number of carbonyl (C=O) groups excluding carboxylic acids is 1. The maximum absolute atomic E-state index is 12.0. The normalized spacial score (nSPS) is 17.0. The topological polar surface area (TPSA) is 29.5 Å². The molecule has 0 unspecified atom stereocenters. The molecular weight excluding hydrogens is 234 g/mol. The molecule has 0 bridgehead atoms. The molecule has 17 heavy (non-hydrogen) atoms. The van der Waals surface area contributed by atoms with Gasteiger partial charge in [0.1, 0.15) is 0 Å². The van der Waals surface area contributed by atoms with Crippen molar-refractivity contribution in [1.29, 1.82) is 0 Å². The van der Waals surface area contributed by atoms with Gasteiger partial charge in [0.15, 0.2) is 5.78 Å². The molecule has 2 rings (SSSR count). The van der Waals surface area contributed by atoms with Gasteiger partial charge in [-0.3, -0.25) is 9.69 Å². The Balaban J connectivity index is 1.93. The SMILES string of the molecule is CSc1ccc(C(=O)CN2CCOCC2)cc1. The van der Waals surface area contributed by atoms with Gasteiger partial charge in [0.2, 0.25) is 0 Å². The minimum Gasteiger partial charge on any atom is -0.379 e. The molecule has 0 aromatic heterocycles. The van der Waals surface area contributed by atoms with Crippen LogP contribution in [-0.4, -0.2) is 49.8 Å². The zero-order chi connectivity index (χ0) is 12.1. The first kappa shape index (κ1) is 12.6. The van der Waals surface area contributed by atoms with Crippen LogP contribution in [0.1, 0.15) is 10.4 Å². The van der Waals surface area contributed by atoms with Gasteiger partial charge in [0.05, 0.1) is 19.8 Å². The number of hydrogen-bond donors (Lipinski definition) is 0. The molecule has 92 valence electrons. The van der Waals surface area contributed by atoms with Crippen LogP contribution in [0.5, 0.6) is 0 Å². The number of rotatable bonds is 4. The van der Waals surface area contributed by atoms with Crippen LogP contribution in [0.25, 0.3) is 0 Å². The summed E-state index contributed by atoms with van der Waals surface area (Å²) in [6.45, 7) is 3.68. The molecule has 0 aliphatic carbocycles. The van der Waals surface area contributed by atoms with E-state index in [4.69, 9.17) is 4.74 Å². The molecule has 0 radical (unpaired) electrons. The maximum Gasteiger partial charge on any atom is 0.176 e. The highest BCUT2D eigenvalue weighted by Crippen LogP contribution is 2.15. The third kappa shape index (κ3) is 3.56. The van der Waals surface area contributed by atoms with Crippen molar-refractivity contribution in [3.63, 3.8) is 0 Å². The quantitative estimate of drug-likeness (QED) is 0.604. The molecular formula is C13H17NO2S. The lowest BCUT2D eigenvalue weighted by Gasteiger charge is -2.25. The molecule has 1 fully saturated rings. The number of thioether (sulfide) groups is 1.